The van der Waals surface area contributed by atoms with Gasteiger partial charge in [-0.1, -0.05) is 18.2 Å². The van der Waals surface area contributed by atoms with Crippen molar-refractivity contribution in [3.8, 4) is 5.75 Å². The summed E-state index contributed by atoms with van der Waals surface area (Å²) in [6.07, 6.45) is 0. The second-order valence-electron chi connectivity index (χ2n) is 5.18. The molecule has 0 spiro atoms. The van der Waals surface area contributed by atoms with Gasteiger partial charge in [0.05, 0.1) is 0 Å². The van der Waals surface area contributed by atoms with Crippen LogP contribution in [0.4, 0.5) is 4.39 Å². The third-order valence-corrected chi connectivity index (χ3v) is 3.27. The molecule has 2 aromatic rings. The minimum absolute atomic E-state index is 0.0711. The molecule has 0 fully saturated rings. The first kappa shape index (κ1) is 17.9. The first-order valence-electron chi connectivity index (χ1n) is 7.29. The average molecular weight is 344 g/mol. The zero-order valence-electron chi connectivity index (χ0n) is 13.2. The number of rotatable bonds is 7. The van der Waals surface area contributed by atoms with Gasteiger partial charge in [0.1, 0.15) is 17.4 Å². The highest BCUT2D eigenvalue weighted by atomic mass is 19.1. The molecule has 2 rings (SSSR count). The highest BCUT2D eigenvalue weighted by Crippen LogP contribution is 2.21. The molecule has 0 heterocycles. The Hall–Kier alpha value is -3.42. The van der Waals surface area contributed by atoms with Gasteiger partial charge in [0, 0.05) is 23.2 Å². The van der Waals surface area contributed by atoms with Gasteiger partial charge in [-0.2, -0.15) is 0 Å². The third kappa shape index (κ3) is 5.03. The number of amides is 2. The summed E-state index contributed by atoms with van der Waals surface area (Å²) < 4.78 is 18.5. The van der Waals surface area contributed by atoms with Gasteiger partial charge in [0.25, 0.3) is 11.8 Å². The molecule has 6 N–H and O–H groups in total. The number of nitrogens with two attached hydrogens (primary N) is 2. The standard InChI is InChI=1S/C17H17FN4O3/c18-13-3-1-2-11(6-13)17(24)22-8-12-5-4-10(16(20)21)7-14(12)25-9-15(19)23/h1-7H,8-9H2,(H2,19,23)(H3,20,21)(H,22,24). The molecule has 25 heavy (non-hydrogen) atoms. The summed E-state index contributed by atoms with van der Waals surface area (Å²) in [5, 5.41) is 10.1. The quantitative estimate of drug-likeness (QED) is 0.439. The molecule has 2 amide bonds. The van der Waals surface area contributed by atoms with Crippen molar-refractivity contribution in [3.63, 3.8) is 0 Å². The van der Waals surface area contributed by atoms with E-state index < -0.39 is 17.6 Å². The topological polar surface area (TPSA) is 131 Å². The minimum atomic E-state index is -0.664. The van der Waals surface area contributed by atoms with Gasteiger partial charge in [-0.05, 0) is 24.3 Å². The van der Waals surface area contributed by atoms with E-state index in [0.29, 0.717) is 11.1 Å². The van der Waals surface area contributed by atoms with Crippen LogP contribution >= 0.6 is 0 Å². The molecule has 0 aliphatic carbocycles. The number of benzene rings is 2. The number of ether oxygens (including phenoxy) is 1. The van der Waals surface area contributed by atoms with Crippen molar-refractivity contribution in [3.05, 3.63) is 65.0 Å². The van der Waals surface area contributed by atoms with Crippen LogP contribution in [-0.4, -0.2) is 24.3 Å². The Bertz CT molecular complexity index is 823. The number of halogens is 1. The van der Waals surface area contributed by atoms with Gasteiger partial charge >= 0.3 is 0 Å². The minimum Gasteiger partial charge on any atom is -0.483 e. The summed E-state index contributed by atoms with van der Waals surface area (Å²) in [6.45, 7) is -0.284. The molecule has 0 saturated carbocycles. The fourth-order valence-electron chi connectivity index (χ4n) is 2.06. The molecule has 130 valence electrons. The average Bonchev–Trinajstić information content (AvgIpc) is 2.57. The summed E-state index contributed by atoms with van der Waals surface area (Å²) in [4.78, 5) is 23.0. The van der Waals surface area contributed by atoms with E-state index in [1.165, 1.54) is 24.3 Å². The monoisotopic (exact) mass is 344 g/mol. The van der Waals surface area contributed by atoms with Crippen LogP contribution in [0.3, 0.4) is 0 Å². The van der Waals surface area contributed by atoms with Crippen LogP contribution in [0, 0.1) is 11.2 Å². The lowest BCUT2D eigenvalue weighted by Crippen LogP contribution is -2.24. The van der Waals surface area contributed by atoms with Gasteiger partial charge in [-0.25, -0.2) is 4.39 Å². The Balaban J connectivity index is 2.15. The van der Waals surface area contributed by atoms with Crippen LogP contribution in [0.2, 0.25) is 0 Å². The summed E-state index contributed by atoms with van der Waals surface area (Å²) in [5.41, 5.74) is 11.6. The molecule has 0 aliphatic heterocycles. The molecule has 0 radical (unpaired) electrons. The zero-order valence-corrected chi connectivity index (χ0v) is 13.2. The van der Waals surface area contributed by atoms with E-state index in [0.717, 1.165) is 6.07 Å². The van der Waals surface area contributed by atoms with E-state index in [1.54, 1.807) is 12.1 Å². The van der Waals surface area contributed by atoms with Crippen LogP contribution < -0.4 is 21.5 Å². The van der Waals surface area contributed by atoms with E-state index in [9.17, 15) is 14.0 Å². The maximum atomic E-state index is 13.2. The van der Waals surface area contributed by atoms with Crippen LogP contribution in [0.25, 0.3) is 0 Å². The van der Waals surface area contributed by atoms with Crippen molar-refractivity contribution in [1.82, 2.24) is 5.32 Å². The maximum Gasteiger partial charge on any atom is 0.255 e. The van der Waals surface area contributed by atoms with Crippen LogP contribution in [0.15, 0.2) is 42.5 Å². The first-order valence-corrected chi connectivity index (χ1v) is 7.29. The third-order valence-electron chi connectivity index (χ3n) is 3.27. The Kier molecular flexibility index (Phi) is 5.67. The number of nitrogens with one attached hydrogen (secondary N) is 2. The Morgan fingerprint density at radius 2 is 1.88 bits per heavy atom. The molecule has 0 bridgehead atoms. The van der Waals surface area contributed by atoms with Crippen LogP contribution in [0.5, 0.6) is 5.75 Å². The number of primary amides is 1. The molecule has 7 nitrogen and oxygen atoms in total. The highest BCUT2D eigenvalue weighted by molar-refractivity contribution is 5.96. The lowest BCUT2D eigenvalue weighted by Gasteiger charge is -2.13. The SMILES string of the molecule is N=C(N)c1ccc(CNC(=O)c2cccc(F)c2)c(OCC(N)=O)c1. The van der Waals surface area contributed by atoms with Gasteiger partial charge < -0.3 is 21.5 Å². The number of hydrogen-bond acceptors (Lipinski definition) is 4. The van der Waals surface area contributed by atoms with Gasteiger partial charge in [0.2, 0.25) is 0 Å². The van der Waals surface area contributed by atoms with Crippen LogP contribution in [-0.2, 0) is 11.3 Å². The zero-order chi connectivity index (χ0) is 18.4. The molecule has 0 unspecified atom stereocenters. The fraction of sp³-hybridized carbons (Fsp3) is 0.118. The second kappa shape index (κ2) is 7.91. The summed E-state index contributed by atoms with van der Waals surface area (Å²) >= 11 is 0. The van der Waals surface area contributed by atoms with Crippen molar-refractivity contribution in [2.45, 2.75) is 6.54 Å². The predicted octanol–water partition coefficient (Wildman–Crippen LogP) is 0.904. The summed E-state index contributed by atoms with van der Waals surface area (Å²) in [7, 11) is 0. The molecule has 0 aliphatic rings. The van der Waals surface area contributed by atoms with Gasteiger partial charge in [0.15, 0.2) is 6.61 Å². The van der Waals surface area contributed by atoms with Crippen molar-refractivity contribution < 1.29 is 18.7 Å². The number of carbonyl (C=O) groups is 2. The van der Waals surface area contributed by atoms with Crippen molar-refractivity contribution in [2.24, 2.45) is 11.5 Å². The number of nitrogen functional groups attached to an aromatic ring is 1. The number of hydrogen-bond donors (Lipinski definition) is 4. The van der Waals surface area contributed by atoms with Crippen LogP contribution in [0.1, 0.15) is 21.5 Å². The summed E-state index contributed by atoms with van der Waals surface area (Å²) in [6, 6.07) is 9.97. The lowest BCUT2D eigenvalue weighted by molar-refractivity contribution is -0.119. The number of carbonyl (C=O) groups excluding carboxylic acids is 2. The van der Waals surface area contributed by atoms with Gasteiger partial charge in [-0.3, -0.25) is 15.0 Å². The molecular weight excluding hydrogens is 327 g/mol. The van der Waals surface area contributed by atoms with E-state index >= 15 is 0 Å². The first-order chi connectivity index (χ1) is 11.9. The van der Waals surface area contributed by atoms with Gasteiger partial charge in [-0.15, -0.1) is 0 Å². The smallest absolute Gasteiger partial charge is 0.255 e. The summed E-state index contributed by atoms with van der Waals surface area (Å²) in [5.74, 6) is -1.53. The predicted molar refractivity (Wildman–Crippen MR) is 89.7 cm³/mol. The Morgan fingerprint density at radius 1 is 1.12 bits per heavy atom. The molecule has 0 atom stereocenters. The van der Waals surface area contributed by atoms with Crippen molar-refractivity contribution in [2.75, 3.05) is 6.61 Å². The lowest BCUT2D eigenvalue weighted by atomic mass is 10.1. The highest BCUT2D eigenvalue weighted by Gasteiger charge is 2.11. The number of amidine groups is 1. The normalized spacial score (nSPS) is 10.1. The van der Waals surface area contributed by atoms with E-state index in [1.807, 2.05) is 0 Å². The maximum absolute atomic E-state index is 13.2. The fourth-order valence-corrected chi connectivity index (χ4v) is 2.06. The Labute approximate surface area is 143 Å². The van der Waals surface area contributed by atoms with E-state index in [-0.39, 0.29) is 30.3 Å². The van der Waals surface area contributed by atoms with Crippen molar-refractivity contribution >= 4 is 17.6 Å². The largest absolute Gasteiger partial charge is 0.483 e. The Morgan fingerprint density at radius 3 is 2.52 bits per heavy atom. The van der Waals surface area contributed by atoms with E-state index in [4.69, 9.17) is 21.6 Å². The molecule has 0 saturated heterocycles. The molecule has 2 aromatic carbocycles. The van der Waals surface area contributed by atoms with E-state index in [2.05, 4.69) is 5.32 Å². The van der Waals surface area contributed by atoms with Crippen molar-refractivity contribution in [1.29, 1.82) is 5.41 Å². The second-order valence-corrected chi connectivity index (χ2v) is 5.18. The molecule has 8 heteroatoms. The molecular formula is C17H17FN4O3. The molecule has 0 aromatic heterocycles.